The van der Waals surface area contributed by atoms with Crippen molar-refractivity contribution in [1.82, 2.24) is 15.6 Å². The van der Waals surface area contributed by atoms with Gasteiger partial charge in [-0.25, -0.2) is 0 Å². The summed E-state index contributed by atoms with van der Waals surface area (Å²) in [6, 6.07) is 5.73. The fraction of sp³-hybridized carbons (Fsp3) is 0.455. The molecule has 4 heteroatoms. The zero-order valence-electron chi connectivity index (χ0n) is 8.99. The lowest BCUT2D eigenvalue weighted by atomic mass is 10.3. The Balaban J connectivity index is 2.14. The van der Waals surface area contributed by atoms with E-state index < -0.39 is 0 Å². The second-order valence-electron chi connectivity index (χ2n) is 3.27. The van der Waals surface area contributed by atoms with E-state index in [1.165, 1.54) is 0 Å². The molecule has 1 heterocycles. The first-order valence-corrected chi connectivity index (χ1v) is 5.20. The number of aromatic nitrogens is 1. The monoisotopic (exact) mass is 207 g/mol. The smallest absolute Gasteiger partial charge is 0.233 e. The minimum Gasteiger partial charge on any atom is -0.355 e. The van der Waals surface area contributed by atoms with E-state index in [1.54, 1.807) is 6.20 Å². The number of carbonyl (C=O) groups excluding carboxylic acids is 1. The third kappa shape index (κ3) is 5.12. The predicted molar refractivity (Wildman–Crippen MR) is 59.2 cm³/mol. The topological polar surface area (TPSA) is 54.0 Å². The van der Waals surface area contributed by atoms with Crippen LogP contribution in [0.25, 0.3) is 0 Å². The molecule has 2 N–H and O–H groups in total. The van der Waals surface area contributed by atoms with Gasteiger partial charge >= 0.3 is 0 Å². The van der Waals surface area contributed by atoms with E-state index >= 15 is 0 Å². The van der Waals surface area contributed by atoms with Gasteiger partial charge in [-0.1, -0.05) is 13.0 Å². The van der Waals surface area contributed by atoms with E-state index in [0.29, 0.717) is 13.1 Å². The molecule has 15 heavy (non-hydrogen) atoms. The van der Waals surface area contributed by atoms with Gasteiger partial charge in [-0.3, -0.25) is 9.78 Å². The van der Waals surface area contributed by atoms with Crippen LogP contribution in [0.2, 0.25) is 0 Å². The highest BCUT2D eigenvalue weighted by Gasteiger charge is 1.98. The molecule has 0 fully saturated rings. The summed E-state index contributed by atoms with van der Waals surface area (Å²) in [5, 5.41) is 5.83. The quantitative estimate of drug-likeness (QED) is 0.722. The standard InChI is InChI=1S/C11H17N3O/c1-2-6-14-11(15)9-12-8-10-5-3-4-7-13-10/h3-5,7,12H,2,6,8-9H2,1H3,(H,14,15). The second-order valence-corrected chi connectivity index (χ2v) is 3.27. The van der Waals surface area contributed by atoms with Gasteiger partial charge in [0.15, 0.2) is 0 Å². The van der Waals surface area contributed by atoms with Crippen LogP contribution < -0.4 is 10.6 Å². The zero-order valence-corrected chi connectivity index (χ0v) is 8.99. The molecule has 0 spiro atoms. The van der Waals surface area contributed by atoms with E-state index in [4.69, 9.17) is 0 Å². The third-order valence-corrected chi connectivity index (χ3v) is 1.89. The first-order valence-electron chi connectivity index (χ1n) is 5.20. The SMILES string of the molecule is CCCNC(=O)CNCc1ccccn1. The van der Waals surface area contributed by atoms with Crippen LogP contribution in [0.3, 0.4) is 0 Å². The average molecular weight is 207 g/mol. The van der Waals surface area contributed by atoms with Crippen molar-refractivity contribution < 1.29 is 4.79 Å². The highest BCUT2D eigenvalue weighted by Crippen LogP contribution is 1.91. The second kappa shape index (κ2) is 6.95. The molecule has 0 saturated carbocycles. The van der Waals surface area contributed by atoms with Gasteiger partial charge in [0.05, 0.1) is 12.2 Å². The lowest BCUT2D eigenvalue weighted by Gasteiger charge is -2.04. The molecule has 1 rings (SSSR count). The van der Waals surface area contributed by atoms with Crippen LogP contribution in [0.1, 0.15) is 19.0 Å². The molecule has 1 aromatic heterocycles. The zero-order chi connectivity index (χ0) is 10.9. The molecule has 0 bridgehead atoms. The number of carbonyl (C=O) groups is 1. The van der Waals surface area contributed by atoms with Crippen LogP contribution in [-0.2, 0) is 11.3 Å². The molecule has 0 atom stereocenters. The largest absolute Gasteiger partial charge is 0.355 e. The molecule has 0 aliphatic carbocycles. The summed E-state index contributed by atoms with van der Waals surface area (Å²) in [5.74, 6) is 0.0350. The van der Waals surface area contributed by atoms with E-state index in [1.807, 2.05) is 25.1 Å². The fourth-order valence-corrected chi connectivity index (χ4v) is 1.13. The van der Waals surface area contributed by atoms with Crippen LogP contribution in [0.15, 0.2) is 24.4 Å². The Kier molecular flexibility index (Phi) is 5.40. The number of nitrogens with one attached hydrogen (secondary N) is 2. The van der Waals surface area contributed by atoms with Crippen LogP contribution in [0, 0.1) is 0 Å². The fourth-order valence-electron chi connectivity index (χ4n) is 1.13. The van der Waals surface area contributed by atoms with Gasteiger partial charge in [-0.2, -0.15) is 0 Å². The average Bonchev–Trinajstić information content (AvgIpc) is 2.28. The maximum atomic E-state index is 11.2. The lowest BCUT2D eigenvalue weighted by Crippen LogP contribution is -2.34. The Morgan fingerprint density at radius 3 is 3.00 bits per heavy atom. The number of nitrogens with zero attached hydrogens (tertiary/aromatic N) is 1. The van der Waals surface area contributed by atoms with Gasteiger partial charge in [0.2, 0.25) is 5.91 Å². The van der Waals surface area contributed by atoms with E-state index in [0.717, 1.165) is 18.7 Å². The molecule has 0 aromatic carbocycles. The van der Waals surface area contributed by atoms with Crippen molar-refractivity contribution >= 4 is 5.91 Å². The minimum absolute atomic E-state index is 0.0350. The van der Waals surface area contributed by atoms with E-state index in [9.17, 15) is 4.79 Å². The van der Waals surface area contributed by atoms with Gasteiger partial charge in [-0.05, 0) is 18.6 Å². The van der Waals surface area contributed by atoms with Gasteiger partial charge in [0.25, 0.3) is 0 Å². The number of hydrogen-bond acceptors (Lipinski definition) is 3. The Hall–Kier alpha value is -1.42. The molecule has 0 unspecified atom stereocenters. The first-order chi connectivity index (χ1) is 7.33. The van der Waals surface area contributed by atoms with Crippen molar-refractivity contribution in [3.05, 3.63) is 30.1 Å². The Morgan fingerprint density at radius 2 is 2.33 bits per heavy atom. The number of rotatable bonds is 6. The Morgan fingerprint density at radius 1 is 1.47 bits per heavy atom. The molecule has 4 nitrogen and oxygen atoms in total. The van der Waals surface area contributed by atoms with E-state index in [-0.39, 0.29) is 5.91 Å². The van der Waals surface area contributed by atoms with Crippen molar-refractivity contribution in [2.45, 2.75) is 19.9 Å². The molecular weight excluding hydrogens is 190 g/mol. The summed E-state index contributed by atoms with van der Waals surface area (Å²) in [4.78, 5) is 15.3. The molecule has 1 amide bonds. The first kappa shape index (κ1) is 11.7. The van der Waals surface area contributed by atoms with Crippen LogP contribution in [0.5, 0.6) is 0 Å². The number of hydrogen-bond donors (Lipinski definition) is 2. The highest BCUT2D eigenvalue weighted by atomic mass is 16.1. The maximum absolute atomic E-state index is 11.2. The van der Waals surface area contributed by atoms with Crippen LogP contribution in [0.4, 0.5) is 0 Å². The summed E-state index contributed by atoms with van der Waals surface area (Å²) in [6.45, 7) is 3.74. The summed E-state index contributed by atoms with van der Waals surface area (Å²) in [5.41, 5.74) is 0.945. The van der Waals surface area contributed by atoms with Gasteiger partial charge in [0, 0.05) is 19.3 Å². The predicted octanol–water partition coefficient (Wildman–Crippen LogP) is 0.697. The normalized spacial score (nSPS) is 9.93. The van der Waals surface area contributed by atoms with Crippen molar-refractivity contribution in [3.63, 3.8) is 0 Å². The molecular formula is C11H17N3O. The van der Waals surface area contributed by atoms with E-state index in [2.05, 4.69) is 15.6 Å². The van der Waals surface area contributed by atoms with Crippen LogP contribution in [-0.4, -0.2) is 24.0 Å². The molecule has 0 aliphatic heterocycles. The van der Waals surface area contributed by atoms with Crippen molar-refractivity contribution in [2.24, 2.45) is 0 Å². The van der Waals surface area contributed by atoms with Crippen LogP contribution >= 0.6 is 0 Å². The van der Waals surface area contributed by atoms with Crippen molar-refractivity contribution in [2.75, 3.05) is 13.1 Å². The molecule has 0 aliphatic rings. The summed E-state index contributed by atoms with van der Waals surface area (Å²) in [6.07, 6.45) is 2.71. The van der Waals surface area contributed by atoms with Gasteiger partial charge in [0.1, 0.15) is 0 Å². The minimum atomic E-state index is 0.0350. The summed E-state index contributed by atoms with van der Waals surface area (Å²) in [7, 11) is 0. The van der Waals surface area contributed by atoms with Crippen molar-refractivity contribution in [1.29, 1.82) is 0 Å². The molecule has 0 saturated heterocycles. The lowest BCUT2D eigenvalue weighted by molar-refractivity contribution is -0.120. The third-order valence-electron chi connectivity index (χ3n) is 1.89. The number of amides is 1. The van der Waals surface area contributed by atoms with Gasteiger partial charge < -0.3 is 10.6 Å². The maximum Gasteiger partial charge on any atom is 0.233 e. The molecule has 0 radical (unpaired) electrons. The Bertz CT molecular complexity index is 287. The molecule has 82 valence electrons. The molecule has 1 aromatic rings. The summed E-state index contributed by atoms with van der Waals surface area (Å²) < 4.78 is 0. The van der Waals surface area contributed by atoms with Gasteiger partial charge in [-0.15, -0.1) is 0 Å². The number of pyridine rings is 1. The highest BCUT2D eigenvalue weighted by molar-refractivity contribution is 5.77. The van der Waals surface area contributed by atoms with Crippen molar-refractivity contribution in [3.8, 4) is 0 Å². The Labute approximate surface area is 90.1 Å². The summed E-state index contributed by atoms with van der Waals surface area (Å²) >= 11 is 0.